The van der Waals surface area contributed by atoms with Crippen LogP contribution in [0.3, 0.4) is 0 Å². The summed E-state index contributed by atoms with van der Waals surface area (Å²) in [5, 5.41) is 8.04. The van der Waals surface area contributed by atoms with Crippen molar-refractivity contribution in [1.29, 1.82) is 0 Å². The number of aryl methyl sites for hydroxylation is 1. The van der Waals surface area contributed by atoms with Gasteiger partial charge in [-0.25, -0.2) is 8.78 Å². The number of nitrogens with zero attached hydrogens (tertiary/aromatic N) is 9. The highest BCUT2D eigenvalue weighted by atomic mass is 35.5. The van der Waals surface area contributed by atoms with Crippen LogP contribution in [0, 0.1) is 17.8 Å². The molecule has 0 unspecified atom stereocenters. The molecule has 8 atom stereocenters. The van der Waals surface area contributed by atoms with Gasteiger partial charge in [0.1, 0.15) is 47.8 Å². The molecule has 3 saturated carbocycles. The number of hydrogen-bond acceptors (Lipinski definition) is 12. The number of nitrogens with one attached hydrogen (secondary N) is 3. The molecule has 0 bridgehead atoms. The SMILES string of the molecule is CC[C@H](C)[C@@H]1NC(=O)[C@H](CCCCC(F)F)N(C)C(=O)C[C@@H](C(=O)N2CCCCC2)N(C)C(=O)[C@H](C2CCCCC2)N(C)C(=O)C2(CCCC2)NC(=O)[C@@H]2CCCN2C(=O)[C@H](CCc2ccc(C(F)(F)F)c(Cl)c2)NC(=O)CN(C)C(=O)[C@H](CC2CCCCC2)N(C)C(=O)CN(C)C(=O)CN(C)C1=O. The van der Waals surface area contributed by atoms with Gasteiger partial charge in [0.25, 0.3) is 0 Å². The summed E-state index contributed by atoms with van der Waals surface area (Å²) in [6.07, 6.45) is 2.74. The molecular formula is C74H112ClF5N12O12. The third-order valence-electron chi connectivity index (χ3n) is 22.8. The zero-order valence-electron chi connectivity index (χ0n) is 62.3. The van der Waals surface area contributed by atoms with Crippen molar-refractivity contribution in [3.05, 3.63) is 34.3 Å². The Hall–Kier alpha value is -7.20. The maximum Gasteiger partial charge on any atom is 0.417 e. The second kappa shape index (κ2) is 38.4. The largest absolute Gasteiger partial charge is 0.417 e. The third kappa shape index (κ3) is 21.8. The van der Waals surface area contributed by atoms with Crippen LogP contribution in [0.25, 0.3) is 0 Å². The molecule has 3 saturated heterocycles. The fourth-order valence-electron chi connectivity index (χ4n) is 16.1. The molecule has 1 aromatic carbocycles. The van der Waals surface area contributed by atoms with E-state index >= 15 is 28.8 Å². The van der Waals surface area contributed by atoms with Crippen molar-refractivity contribution >= 4 is 82.5 Å². The number of unbranched alkanes of at least 4 members (excludes halogenated alkanes) is 1. The maximum atomic E-state index is 15.8. The van der Waals surface area contributed by atoms with E-state index in [4.69, 9.17) is 11.6 Å². The van der Waals surface area contributed by atoms with E-state index in [-0.39, 0.29) is 75.8 Å². The second-order valence-corrected chi connectivity index (χ2v) is 30.6. The van der Waals surface area contributed by atoms with Gasteiger partial charge in [-0.3, -0.25) is 57.5 Å². The Bertz CT molecular complexity index is 3200. The van der Waals surface area contributed by atoms with E-state index in [9.17, 15) is 50.7 Å². The molecular weight excluding hydrogens is 1380 g/mol. The molecule has 104 heavy (non-hydrogen) atoms. The van der Waals surface area contributed by atoms with Crippen molar-refractivity contribution in [3.8, 4) is 0 Å². The number of carbonyl (C=O) groups excluding carboxylic acids is 12. The Morgan fingerprint density at radius 1 is 0.615 bits per heavy atom. The summed E-state index contributed by atoms with van der Waals surface area (Å²) in [6, 6.07) is -6.14. The standard InChI is InChI=1S/C74H112ClF5N12O12/c1-10-47(2)63-70(102)86(5)45-61(95)84(3)46-62(96)88(7)56(42-48-25-14-11-15-26-48)68(100)85(4)44-59(93)81-53(35-33-49-32-34-51(52(75)41-49)74(78,79)80)67(99)92-40-24-30-55(92)66(98)83-73(36-20-21-37-73)72(104)90(9)64(50-27-16-12-17-28-50)71(103)89(8)57(69(101)91-38-22-13-23-39-91)43-60(94)87(6)54(65(97)82-63)29-18-19-31-58(76)77/h32,34,41,47-48,50,53-58,63-64H,10-31,33,35-40,42-46H2,1-9H3,(H,81,93)(H,82,97)(H,83,98)/t47-,53-,54-,55-,56-,57-,63-,64-/m0/s1. The number of piperidine rings is 1. The second-order valence-electron chi connectivity index (χ2n) is 30.2. The van der Waals surface area contributed by atoms with Crippen molar-refractivity contribution in [2.75, 3.05) is 88.6 Å². The predicted octanol–water partition coefficient (Wildman–Crippen LogP) is 7.20. The number of likely N-dealkylation sites (N-methyl/N-ethyl adjacent to an activating group) is 7. The summed E-state index contributed by atoms with van der Waals surface area (Å²) in [5.74, 6) is -9.45. The number of likely N-dealkylation sites (tertiary alicyclic amines) is 1. The lowest BCUT2D eigenvalue weighted by Crippen LogP contribution is -2.65. The van der Waals surface area contributed by atoms with Crippen molar-refractivity contribution in [3.63, 3.8) is 0 Å². The highest BCUT2D eigenvalue weighted by molar-refractivity contribution is 6.31. The zero-order valence-corrected chi connectivity index (χ0v) is 63.1. The minimum atomic E-state index is -4.77. The molecule has 0 radical (unpaired) electrons. The molecule has 3 heterocycles. The Morgan fingerprint density at radius 3 is 1.84 bits per heavy atom. The summed E-state index contributed by atoms with van der Waals surface area (Å²) in [4.78, 5) is 191. The number of carbonyl (C=O) groups is 12. The predicted molar refractivity (Wildman–Crippen MR) is 379 cm³/mol. The number of halogens is 6. The third-order valence-corrected chi connectivity index (χ3v) is 23.1. The lowest BCUT2D eigenvalue weighted by atomic mass is 9.81. The van der Waals surface area contributed by atoms with Crippen LogP contribution in [0.15, 0.2) is 18.2 Å². The number of amides is 12. The number of rotatable bonds is 14. The molecule has 582 valence electrons. The summed E-state index contributed by atoms with van der Waals surface area (Å²) < 4.78 is 69.0. The van der Waals surface area contributed by atoms with E-state index in [0.29, 0.717) is 77.3 Å². The molecule has 6 aliphatic rings. The van der Waals surface area contributed by atoms with Gasteiger partial charge in [0.15, 0.2) is 0 Å². The molecule has 7 rings (SSSR count). The number of fused-ring (bicyclic) bond motifs is 1. The number of alkyl halides is 5. The first-order valence-electron chi connectivity index (χ1n) is 37.6. The summed E-state index contributed by atoms with van der Waals surface area (Å²) in [5.41, 5.74) is -2.41. The average Bonchev–Trinajstić information content (AvgIpc) is 1.44. The lowest BCUT2D eigenvalue weighted by molar-refractivity contribution is -0.157. The fraction of sp³-hybridized carbons (Fsp3) is 0.757. The summed E-state index contributed by atoms with van der Waals surface area (Å²) >= 11 is 6.16. The minimum absolute atomic E-state index is 0.00781. The van der Waals surface area contributed by atoms with E-state index in [1.165, 1.54) is 75.0 Å². The van der Waals surface area contributed by atoms with E-state index in [1.54, 1.807) is 18.7 Å². The van der Waals surface area contributed by atoms with Crippen molar-refractivity contribution in [2.45, 2.75) is 254 Å². The van der Waals surface area contributed by atoms with Crippen LogP contribution in [0.4, 0.5) is 22.0 Å². The van der Waals surface area contributed by atoms with Gasteiger partial charge in [0.2, 0.25) is 77.3 Å². The topological polar surface area (TPSA) is 270 Å². The Morgan fingerprint density at radius 2 is 1.22 bits per heavy atom. The first-order valence-corrected chi connectivity index (χ1v) is 38.0. The van der Waals surface area contributed by atoms with Crippen LogP contribution in [-0.2, 0) is 70.1 Å². The van der Waals surface area contributed by atoms with E-state index in [1.807, 2.05) is 0 Å². The van der Waals surface area contributed by atoms with Crippen molar-refractivity contribution in [1.82, 2.24) is 60.0 Å². The van der Waals surface area contributed by atoms with Gasteiger partial charge >= 0.3 is 6.18 Å². The smallest absolute Gasteiger partial charge is 0.343 e. The number of hydrogen-bond donors (Lipinski definition) is 3. The Kier molecular flexibility index (Phi) is 31.0. The first-order chi connectivity index (χ1) is 49.2. The molecule has 24 nitrogen and oxygen atoms in total. The quantitative estimate of drug-likeness (QED) is 0.123. The van der Waals surface area contributed by atoms with Crippen molar-refractivity contribution < 1.29 is 79.5 Å². The van der Waals surface area contributed by atoms with E-state index in [2.05, 4.69) is 16.0 Å². The highest BCUT2D eigenvalue weighted by Gasteiger charge is 2.52. The van der Waals surface area contributed by atoms with Crippen LogP contribution in [0.1, 0.15) is 198 Å². The first kappa shape index (κ1) is 84.1. The van der Waals surface area contributed by atoms with Crippen LogP contribution in [0.2, 0.25) is 5.02 Å². The Balaban J connectivity index is 1.30. The van der Waals surface area contributed by atoms with Gasteiger partial charge in [0.05, 0.1) is 36.6 Å². The van der Waals surface area contributed by atoms with Crippen LogP contribution >= 0.6 is 11.6 Å². The molecule has 6 fully saturated rings. The number of benzene rings is 1. The summed E-state index contributed by atoms with van der Waals surface area (Å²) in [7, 11) is 9.67. The summed E-state index contributed by atoms with van der Waals surface area (Å²) in [6.45, 7) is 2.32. The maximum absolute atomic E-state index is 15.8. The average molecular weight is 1490 g/mol. The van der Waals surface area contributed by atoms with Crippen LogP contribution in [0.5, 0.6) is 0 Å². The lowest BCUT2D eigenvalue weighted by Gasteiger charge is -2.43. The monoisotopic (exact) mass is 1490 g/mol. The molecule has 1 aromatic rings. The van der Waals surface area contributed by atoms with Crippen molar-refractivity contribution in [2.24, 2.45) is 17.8 Å². The highest BCUT2D eigenvalue weighted by Crippen LogP contribution is 2.39. The molecule has 0 aromatic heterocycles. The molecule has 3 N–H and O–H groups in total. The van der Waals surface area contributed by atoms with Gasteiger partial charge in [-0.15, -0.1) is 0 Å². The van der Waals surface area contributed by atoms with Gasteiger partial charge in [0, 0.05) is 75.4 Å². The van der Waals surface area contributed by atoms with Gasteiger partial charge < -0.3 is 60.0 Å². The molecule has 30 heteroatoms. The normalized spacial score (nSPS) is 26.4. The molecule has 1 spiro atoms. The van der Waals surface area contributed by atoms with E-state index in [0.717, 1.165) is 76.7 Å². The van der Waals surface area contributed by atoms with Gasteiger partial charge in [-0.1, -0.05) is 109 Å². The van der Waals surface area contributed by atoms with Crippen LogP contribution < -0.4 is 16.0 Å². The fourth-order valence-corrected chi connectivity index (χ4v) is 16.4. The molecule has 3 aliphatic carbocycles. The Labute approximate surface area is 614 Å². The van der Waals surface area contributed by atoms with Gasteiger partial charge in [-0.2, -0.15) is 13.2 Å². The van der Waals surface area contributed by atoms with Gasteiger partial charge in [-0.05, 0) is 125 Å². The zero-order chi connectivity index (χ0) is 76.5. The molecule has 12 amide bonds. The molecule has 3 aliphatic heterocycles. The minimum Gasteiger partial charge on any atom is -0.343 e. The van der Waals surface area contributed by atoms with Crippen LogP contribution in [-0.4, -0.2) is 258 Å². The van der Waals surface area contributed by atoms with E-state index < -0.39 is 186 Å².